The van der Waals surface area contributed by atoms with E-state index in [1.165, 1.54) is 18.2 Å². The molecule has 0 unspecified atom stereocenters. The fourth-order valence-corrected chi connectivity index (χ4v) is 3.06. The second-order valence-electron chi connectivity index (χ2n) is 4.93. The summed E-state index contributed by atoms with van der Waals surface area (Å²) in [7, 11) is 0. The Labute approximate surface area is 153 Å². The lowest BCUT2D eigenvalue weighted by Crippen LogP contribution is -2.46. The van der Waals surface area contributed by atoms with E-state index in [9.17, 15) is 19.7 Å². The number of non-ortho nitro benzene ring substituents is 1. The van der Waals surface area contributed by atoms with Gasteiger partial charge < -0.3 is 9.47 Å². The smallest absolute Gasteiger partial charge is 0.328 e. The largest absolute Gasteiger partial charge is 0.465 e. The van der Waals surface area contributed by atoms with Crippen LogP contribution >= 0.6 is 15.9 Å². The molecule has 0 aliphatic heterocycles. The number of hydrogen-bond acceptors (Lipinski definition) is 7. The van der Waals surface area contributed by atoms with Crippen LogP contribution in [0.4, 0.5) is 5.69 Å². The third-order valence-corrected chi connectivity index (χ3v) is 4.14. The van der Waals surface area contributed by atoms with Crippen LogP contribution in [0.3, 0.4) is 0 Å². The van der Waals surface area contributed by atoms with Crippen LogP contribution < -0.4 is 0 Å². The molecule has 0 N–H and O–H groups in total. The number of esters is 2. The second-order valence-corrected chi connectivity index (χ2v) is 5.78. The van der Waals surface area contributed by atoms with Crippen LogP contribution in [0.5, 0.6) is 0 Å². The van der Waals surface area contributed by atoms with E-state index in [1.807, 2.05) is 6.07 Å². The topological polar surface area (TPSA) is 120 Å². The number of rotatable bonds is 8. The van der Waals surface area contributed by atoms with E-state index < -0.39 is 22.3 Å². The molecule has 9 heteroatoms. The van der Waals surface area contributed by atoms with Gasteiger partial charge in [0.05, 0.1) is 24.2 Å². The van der Waals surface area contributed by atoms with Gasteiger partial charge in [0.15, 0.2) is 5.41 Å². The highest BCUT2D eigenvalue weighted by molar-refractivity contribution is 9.10. The maximum atomic E-state index is 12.7. The summed E-state index contributed by atoms with van der Waals surface area (Å²) in [6.07, 6.45) is -0.279. The Morgan fingerprint density at radius 3 is 2.24 bits per heavy atom. The fraction of sp³-hybridized carbons (Fsp3) is 0.438. The second kappa shape index (κ2) is 9.13. The maximum absolute atomic E-state index is 12.7. The summed E-state index contributed by atoms with van der Waals surface area (Å²) in [5, 5.41) is 19.8. The number of ether oxygens (including phenoxy) is 2. The number of carbonyl (C=O) groups is 2. The molecule has 0 fully saturated rings. The van der Waals surface area contributed by atoms with Gasteiger partial charge in [-0.1, -0.05) is 15.9 Å². The molecule has 0 bridgehead atoms. The summed E-state index contributed by atoms with van der Waals surface area (Å²) in [6.45, 7) is 3.22. The average molecular weight is 413 g/mol. The zero-order valence-corrected chi connectivity index (χ0v) is 15.4. The molecule has 134 valence electrons. The minimum Gasteiger partial charge on any atom is -0.465 e. The molecule has 0 aliphatic rings. The van der Waals surface area contributed by atoms with Gasteiger partial charge in [0.25, 0.3) is 5.69 Å². The van der Waals surface area contributed by atoms with Gasteiger partial charge in [-0.05, 0) is 31.9 Å². The van der Waals surface area contributed by atoms with Crippen LogP contribution in [-0.4, -0.2) is 30.1 Å². The van der Waals surface area contributed by atoms with Crippen molar-refractivity contribution >= 4 is 33.6 Å². The van der Waals surface area contributed by atoms with Gasteiger partial charge in [-0.15, -0.1) is 0 Å². The van der Waals surface area contributed by atoms with Gasteiger partial charge in [-0.2, -0.15) is 5.26 Å². The minimum absolute atomic E-state index is 0.0249. The number of nitro groups is 1. The Morgan fingerprint density at radius 2 is 1.84 bits per heavy atom. The number of nitro benzene ring substituents is 1. The molecule has 1 aromatic rings. The molecular formula is C16H17BrN2O6. The lowest BCUT2D eigenvalue weighted by atomic mass is 9.76. The minimum atomic E-state index is -1.88. The van der Waals surface area contributed by atoms with Crippen molar-refractivity contribution in [1.29, 1.82) is 5.26 Å². The van der Waals surface area contributed by atoms with Gasteiger partial charge >= 0.3 is 11.9 Å². The van der Waals surface area contributed by atoms with Crippen LogP contribution in [0, 0.1) is 21.4 Å². The lowest BCUT2D eigenvalue weighted by Gasteiger charge is -2.29. The van der Waals surface area contributed by atoms with Gasteiger partial charge in [-0.25, -0.2) is 0 Å². The van der Waals surface area contributed by atoms with Gasteiger partial charge in [-0.3, -0.25) is 19.7 Å². The zero-order valence-electron chi connectivity index (χ0n) is 13.8. The first kappa shape index (κ1) is 20.6. The summed E-state index contributed by atoms with van der Waals surface area (Å²) < 4.78 is 10.3. The summed E-state index contributed by atoms with van der Waals surface area (Å²) in [4.78, 5) is 35.7. The molecule has 0 saturated heterocycles. The quantitative estimate of drug-likeness (QED) is 0.278. The SMILES string of the molecule is CCOC(=O)C(CCC#N)(C(=O)OCC)c1ccc([N+](=O)[O-])cc1Br. The monoisotopic (exact) mass is 412 g/mol. The molecule has 0 aliphatic carbocycles. The van der Waals surface area contributed by atoms with Gasteiger partial charge in [0.2, 0.25) is 0 Å². The number of nitriles is 1. The molecule has 0 amide bonds. The lowest BCUT2D eigenvalue weighted by molar-refractivity contribution is -0.385. The van der Waals surface area contributed by atoms with Crippen molar-refractivity contribution in [2.75, 3.05) is 13.2 Å². The summed E-state index contributed by atoms with van der Waals surface area (Å²) in [5.41, 5.74) is -1.93. The molecule has 1 rings (SSSR count). The third-order valence-electron chi connectivity index (χ3n) is 3.48. The normalized spacial score (nSPS) is 10.6. The highest BCUT2D eigenvalue weighted by Crippen LogP contribution is 2.39. The highest BCUT2D eigenvalue weighted by Gasteiger charge is 2.51. The first-order valence-electron chi connectivity index (χ1n) is 7.50. The third kappa shape index (κ3) is 4.33. The summed E-state index contributed by atoms with van der Waals surface area (Å²) in [6, 6.07) is 5.57. The van der Waals surface area contributed by atoms with E-state index >= 15 is 0 Å². The number of halogens is 1. The molecular weight excluding hydrogens is 396 g/mol. The van der Waals surface area contributed by atoms with Crippen molar-refractivity contribution < 1.29 is 24.0 Å². The Morgan fingerprint density at radius 1 is 1.28 bits per heavy atom. The fourth-order valence-electron chi connectivity index (χ4n) is 2.36. The zero-order chi connectivity index (χ0) is 19.0. The van der Waals surface area contributed by atoms with E-state index in [0.717, 1.165) is 0 Å². The van der Waals surface area contributed by atoms with Crippen LogP contribution in [0.1, 0.15) is 32.3 Å². The van der Waals surface area contributed by atoms with Crippen LogP contribution in [0.15, 0.2) is 22.7 Å². The van der Waals surface area contributed by atoms with Crippen LogP contribution in [-0.2, 0) is 24.5 Å². The molecule has 0 aromatic heterocycles. The molecule has 0 spiro atoms. The van der Waals surface area contributed by atoms with Gasteiger partial charge in [0.1, 0.15) is 0 Å². The standard InChI is InChI=1S/C16H17BrN2O6/c1-3-24-14(20)16(8-5-9-18,15(21)25-4-2)12-7-6-11(19(22)23)10-13(12)17/h6-7,10H,3-5,8H2,1-2H3. The number of nitrogens with zero attached hydrogens (tertiary/aromatic N) is 2. The molecule has 0 atom stereocenters. The predicted molar refractivity (Wildman–Crippen MR) is 90.6 cm³/mol. The molecule has 0 heterocycles. The van der Waals surface area contributed by atoms with Crippen molar-refractivity contribution in [3.63, 3.8) is 0 Å². The van der Waals surface area contributed by atoms with Crippen molar-refractivity contribution in [3.05, 3.63) is 38.3 Å². The van der Waals surface area contributed by atoms with Crippen molar-refractivity contribution in [2.24, 2.45) is 0 Å². The summed E-state index contributed by atoms with van der Waals surface area (Å²) in [5.74, 6) is -1.73. The van der Waals surface area contributed by atoms with E-state index in [0.29, 0.717) is 0 Å². The first-order valence-corrected chi connectivity index (χ1v) is 8.30. The molecule has 1 aromatic carbocycles. The van der Waals surface area contributed by atoms with Crippen molar-refractivity contribution in [3.8, 4) is 6.07 Å². The molecule has 8 nitrogen and oxygen atoms in total. The average Bonchev–Trinajstić information content (AvgIpc) is 2.56. The number of carbonyl (C=O) groups excluding carboxylic acids is 2. The van der Waals surface area contributed by atoms with Crippen LogP contribution in [0.2, 0.25) is 0 Å². The Bertz CT molecular complexity index is 695. The van der Waals surface area contributed by atoms with E-state index in [4.69, 9.17) is 14.7 Å². The number of benzene rings is 1. The maximum Gasteiger partial charge on any atom is 0.328 e. The highest BCUT2D eigenvalue weighted by atomic mass is 79.9. The first-order chi connectivity index (χ1) is 11.8. The van der Waals surface area contributed by atoms with Crippen molar-refractivity contribution in [1.82, 2.24) is 0 Å². The Hall–Kier alpha value is -2.47. The Balaban J connectivity index is 3.62. The number of hydrogen-bond donors (Lipinski definition) is 0. The van der Waals surface area contributed by atoms with Crippen molar-refractivity contribution in [2.45, 2.75) is 32.1 Å². The van der Waals surface area contributed by atoms with Crippen LogP contribution in [0.25, 0.3) is 0 Å². The Kier molecular flexibility index (Phi) is 7.51. The van der Waals surface area contributed by atoms with Gasteiger partial charge in [0, 0.05) is 23.0 Å². The van der Waals surface area contributed by atoms with E-state index in [2.05, 4.69) is 15.9 Å². The molecule has 0 saturated carbocycles. The van der Waals surface area contributed by atoms with E-state index in [-0.39, 0.29) is 41.8 Å². The molecule has 0 radical (unpaired) electrons. The predicted octanol–water partition coefficient (Wildman–Crippen LogP) is 3.03. The van der Waals surface area contributed by atoms with E-state index in [1.54, 1.807) is 13.8 Å². The summed E-state index contributed by atoms with van der Waals surface area (Å²) >= 11 is 3.18. The molecule has 25 heavy (non-hydrogen) atoms.